The number of hydrogen-bond donors (Lipinski definition) is 2. The van der Waals surface area contributed by atoms with E-state index in [-0.39, 0.29) is 11.1 Å². The molecule has 2 aromatic heterocycles. The molecule has 0 aliphatic heterocycles. The van der Waals surface area contributed by atoms with Crippen LogP contribution in [0.25, 0.3) is 11.0 Å². The molecule has 132 valence electrons. The van der Waals surface area contributed by atoms with E-state index in [2.05, 4.69) is 52.4 Å². The summed E-state index contributed by atoms with van der Waals surface area (Å²) in [5.74, 6) is 0.480. The number of anilines is 1. The van der Waals surface area contributed by atoms with Gasteiger partial charge in [-0.3, -0.25) is 9.78 Å². The summed E-state index contributed by atoms with van der Waals surface area (Å²) in [6.45, 7) is 11.0. The number of nitrogens with zero attached hydrogens (tertiary/aromatic N) is 3. The lowest BCUT2D eigenvalue weighted by atomic mass is 10.0. The van der Waals surface area contributed by atoms with Crippen LogP contribution in [0, 0.1) is 13.8 Å². The highest BCUT2D eigenvalue weighted by Crippen LogP contribution is 2.18. The van der Waals surface area contributed by atoms with Crippen LogP contribution in [-0.4, -0.2) is 26.3 Å². The number of fused-ring (bicyclic) bond motifs is 1. The van der Waals surface area contributed by atoms with Crippen molar-refractivity contribution in [1.29, 1.82) is 0 Å². The SMILES string of the molecule is Cc1ccc(CCNc2nc3c(cnn3C(C)(C)C)c(=O)[nH]2)c(C)c1. The molecule has 3 rings (SSSR count). The van der Waals surface area contributed by atoms with E-state index < -0.39 is 0 Å². The van der Waals surface area contributed by atoms with Gasteiger partial charge in [0.2, 0.25) is 5.95 Å². The van der Waals surface area contributed by atoms with Crippen molar-refractivity contribution < 1.29 is 0 Å². The van der Waals surface area contributed by atoms with E-state index in [0.29, 0.717) is 23.5 Å². The lowest BCUT2D eigenvalue weighted by Gasteiger charge is -2.19. The summed E-state index contributed by atoms with van der Waals surface area (Å²) in [4.78, 5) is 19.6. The van der Waals surface area contributed by atoms with Gasteiger partial charge in [0.1, 0.15) is 5.39 Å². The van der Waals surface area contributed by atoms with Crippen LogP contribution < -0.4 is 10.9 Å². The summed E-state index contributed by atoms with van der Waals surface area (Å²) in [7, 11) is 0. The Kier molecular flexibility index (Phi) is 4.37. The fraction of sp³-hybridized carbons (Fsp3) is 0.421. The van der Waals surface area contributed by atoms with E-state index in [4.69, 9.17) is 0 Å². The number of hydrogen-bond acceptors (Lipinski definition) is 4. The number of aryl methyl sites for hydroxylation is 2. The average molecular weight is 339 g/mol. The highest BCUT2D eigenvalue weighted by atomic mass is 16.1. The summed E-state index contributed by atoms with van der Waals surface area (Å²) >= 11 is 0. The number of benzene rings is 1. The van der Waals surface area contributed by atoms with Gasteiger partial charge in [-0.15, -0.1) is 0 Å². The van der Waals surface area contributed by atoms with Gasteiger partial charge in [-0.25, -0.2) is 4.68 Å². The Bertz CT molecular complexity index is 962. The molecule has 0 unspecified atom stereocenters. The molecule has 0 radical (unpaired) electrons. The van der Waals surface area contributed by atoms with Crippen molar-refractivity contribution in [1.82, 2.24) is 19.7 Å². The first kappa shape index (κ1) is 17.2. The minimum atomic E-state index is -0.237. The van der Waals surface area contributed by atoms with Crippen molar-refractivity contribution in [2.75, 3.05) is 11.9 Å². The van der Waals surface area contributed by atoms with E-state index in [1.807, 2.05) is 20.8 Å². The van der Waals surface area contributed by atoms with Crippen molar-refractivity contribution >= 4 is 17.0 Å². The van der Waals surface area contributed by atoms with Crippen LogP contribution in [0.15, 0.2) is 29.2 Å². The van der Waals surface area contributed by atoms with Gasteiger partial charge in [0.05, 0.1) is 11.7 Å². The van der Waals surface area contributed by atoms with Crippen molar-refractivity contribution in [3.63, 3.8) is 0 Å². The Morgan fingerprint density at radius 3 is 2.68 bits per heavy atom. The smallest absolute Gasteiger partial charge is 0.263 e. The lowest BCUT2D eigenvalue weighted by molar-refractivity contribution is 0.366. The molecule has 0 spiro atoms. The first-order valence-corrected chi connectivity index (χ1v) is 8.54. The van der Waals surface area contributed by atoms with Crippen LogP contribution >= 0.6 is 0 Å². The van der Waals surface area contributed by atoms with E-state index in [9.17, 15) is 4.79 Å². The van der Waals surface area contributed by atoms with Crippen molar-refractivity contribution in [3.05, 3.63) is 51.4 Å². The zero-order valence-electron chi connectivity index (χ0n) is 15.5. The molecule has 0 amide bonds. The molecule has 0 saturated heterocycles. The van der Waals surface area contributed by atoms with Crippen LogP contribution in [0.2, 0.25) is 0 Å². The Balaban J connectivity index is 1.81. The second-order valence-electron chi connectivity index (χ2n) is 7.49. The van der Waals surface area contributed by atoms with Gasteiger partial charge in [-0.1, -0.05) is 23.8 Å². The van der Waals surface area contributed by atoms with Gasteiger partial charge >= 0.3 is 0 Å². The number of rotatable bonds is 4. The van der Waals surface area contributed by atoms with Gasteiger partial charge < -0.3 is 5.32 Å². The van der Waals surface area contributed by atoms with E-state index >= 15 is 0 Å². The van der Waals surface area contributed by atoms with Crippen molar-refractivity contribution in [3.8, 4) is 0 Å². The Morgan fingerprint density at radius 2 is 2.00 bits per heavy atom. The molecule has 1 aromatic carbocycles. The number of nitrogens with one attached hydrogen (secondary N) is 2. The molecular formula is C19H25N5O. The number of aromatic amines is 1. The maximum absolute atomic E-state index is 12.3. The Hall–Kier alpha value is -2.63. The quantitative estimate of drug-likeness (QED) is 0.766. The van der Waals surface area contributed by atoms with E-state index in [1.165, 1.54) is 16.7 Å². The zero-order valence-corrected chi connectivity index (χ0v) is 15.5. The van der Waals surface area contributed by atoms with Gasteiger partial charge in [-0.05, 0) is 52.2 Å². The molecular weight excluding hydrogens is 314 g/mol. The summed E-state index contributed by atoms with van der Waals surface area (Å²) < 4.78 is 1.78. The Morgan fingerprint density at radius 1 is 1.24 bits per heavy atom. The molecule has 0 atom stereocenters. The van der Waals surface area contributed by atoms with Gasteiger partial charge in [-0.2, -0.15) is 10.1 Å². The van der Waals surface area contributed by atoms with Crippen molar-refractivity contribution in [2.24, 2.45) is 0 Å². The van der Waals surface area contributed by atoms with Crippen LogP contribution in [0.1, 0.15) is 37.5 Å². The first-order valence-electron chi connectivity index (χ1n) is 8.54. The van der Waals surface area contributed by atoms with Crippen LogP contribution in [0.4, 0.5) is 5.95 Å². The zero-order chi connectivity index (χ0) is 18.2. The van der Waals surface area contributed by atoms with Gasteiger partial charge in [0.15, 0.2) is 5.65 Å². The average Bonchev–Trinajstić information content (AvgIpc) is 2.94. The maximum atomic E-state index is 12.3. The monoisotopic (exact) mass is 339 g/mol. The second-order valence-corrected chi connectivity index (χ2v) is 7.49. The van der Waals surface area contributed by atoms with Gasteiger partial charge in [0.25, 0.3) is 5.56 Å². The third-order valence-corrected chi connectivity index (χ3v) is 4.26. The predicted octanol–water partition coefficient (Wildman–Crippen LogP) is 3.15. The molecule has 3 aromatic rings. The largest absolute Gasteiger partial charge is 0.355 e. The van der Waals surface area contributed by atoms with Crippen LogP contribution in [0.5, 0.6) is 0 Å². The molecule has 0 aliphatic carbocycles. The fourth-order valence-electron chi connectivity index (χ4n) is 2.93. The van der Waals surface area contributed by atoms with E-state index in [0.717, 1.165) is 6.42 Å². The standard InChI is InChI=1S/C19H25N5O/c1-12-6-7-14(13(2)10-12)8-9-20-18-22-16-15(17(25)23-18)11-21-24(16)19(3,4)5/h6-7,10-11H,8-9H2,1-5H3,(H2,20,22,23,25). The molecule has 0 saturated carbocycles. The predicted molar refractivity (Wildman–Crippen MR) is 101 cm³/mol. The summed E-state index contributed by atoms with van der Waals surface area (Å²) in [5, 5.41) is 8.06. The summed E-state index contributed by atoms with van der Waals surface area (Å²) in [5.41, 5.74) is 4.03. The minimum Gasteiger partial charge on any atom is -0.355 e. The lowest BCUT2D eigenvalue weighted by Crippen LogP contribution is -2.24. The number of H-pyrrole nitrogens is 1. The number of aromatic nitrogens is 4. The second kappa shape index (κ2) is 6.35. The normalized spacial score (nSPS) is 11.9. The Labute approximate surface area is 147 Å². The van der Waals surface area contributed by atoms with Crippen molar-refractivity contribution in [2.45, 2.75) is 46.6 Å². The molecule has 25 heavy (non-hydrogen) atoms. The molecule has 0 fully saturated rings. The van der Waals surface area contributed by atoms with Crippen LogP contribution in [0.3, 0.4) is 0 Å². The third-order valence-electron chi connectivity index (χ3n) is 4.26. The summed E-state index contributed by atoms with van der Waals surface area (Å²) in [6, 6.07) is 6.46. The molecule has 0 aliphatic rings. The fourth-order valence-corrected chi connectivity index (χ4v) is 2.93. The highest BCUT2D eigenvalue weighted by Gasteiger charge is 2.19. The third kappa shape index (κ3) is 3.57. The molecule has 2 N–H and O–H groups in total. The highest BCUT2D eigenvalue weighted by molar-refractivity contribution is 5.74. The first-order chi connectivity index (χ1) is 11.8. The topological polar surface area (TPSA) is 75.6 Å². The van der Waals surface area contributed by atoms with Crippen LogP contribution in [-0.2, 0) is 12.0 Å². The molecule has 2 heterocycles. The van der Waals surface area contributed by atoms with Gasteiger partial charge in [0, 0.05) is 6.54 Å². The molecule has 0 bridgehead atoms. The molecule has 6 heteroatoms. The maximum Gasteiger partial charge on any atom is 0.263 e. The van der Waals surface area contributed by atoms with E-state index in [1.54, 1.807) is 10.9 Å². The summed E-state index contributed by atoms with van der Waals surface area (Å²) in [6.07, 6.45) is 2.44. The molecule has 6 nitrogen and oxygen atoms in total. The minimum absolute atomic E-state index is 0.172.